The maximum absolute atomic E-state index is 13.8. The molecular weight excluding hydrogens is 553 g/mol. The molecule has 3 aromatic carbocycles. The van der Waals surface area contributed by atoms with Gasteiger partial charge in [0.25, 0.3) is 5.91 Å². The first kappa shape index (κ1) is 27.1. The highest BCUT2D eigenvalue weighted by Crippen LogP contribution is 2.40. The van der Waals surface area contributed by atoms with Crippen LogP contribution in [-0.4, -0.2) is 26.4 Å². The first-order valence-electron chi connectivity index (χ1n) is 12.5. The molecule has 2 heterocycles. The topological polar surface area (TPSA) is 81.1 Å². The summed E-state index contributed by atoms with van der Waals surface area (Å²) in [5.74, 6) is 1.83. The number of allylic oxidation sites excluding steroid dienone is 1. The van der Waals surface area contributed by atoms with Gasteiger partial charge in [0.15, 0.2) is 0 Å². The Hall–Kier alpha value is -3.46. The molecule has 39 heavy (non-hydrogen) atoms. The molecule has 0 aliphatic carbocycles. The number of hydrogen-bond acceptors (Lipinski definition) is 6. The van der Waals surface area contributed by atoms with Crippen molar-refractivity contribution in [3.8, 4) is 5.75 Å². The number of fused-ring (bicyclic) bond motifs is 1. The van der Waals surface area contributed by atoms with Crippen LogP contribution in [0.3, 0.4) is 0 Å². The van der Waals surface area contributed by atoms with Crippen molar-refractivity contribution in [2.24, 2.45) is 0 Å². The van der Waals surface area contributed by atoms with Crippen molar-refractivity contribution < 1.29 is 9.53 Å². The number of carbonyl (C=O) groups is 1. The quantitative estimate of drug-likeness (QED) is 0.199. The molecule has 10 heteroatoms. The summed E-state index contributed by atoms with van der Waals surface area (Å²) in [5, 5.41) is 12.9. The van der Waals surface area contributed by atoms with Crippen molar-refractivity contribution in [1.29, 1.82) is 0 Å². The molecule has 0 radical (unpaired) electrons. The second kappa shape index (κ2) is 12.2. The number of thioether (sulfide) groups is 1. The largest absolute Gasteiger partial charge is 0.488 e. The molecule has 2 N–H and O–H groups in total. The molecule has 1 aliphatic heterocycles. The fourth-order valence-corrected chi connectivity index (χ4v) is 5.47. The molecule has 0 saturated carbocycles. The standard InChI is InChI=1S/C29H27Cl2N5O2S/c1-3-15-39-29-34-28-32-18(2)25(27(37)33-21-9-5-4-6-10-21)26(36(28)35-29)22-11-7-8-12-24(22)38-17-19-13-14-20(30)16-23(19)31/h4-14,16,26H,3,15,17H2,1-2H3,(H,33,37)(H,32,34,35). The highest BCUT2D eigenvalue weighted by Gasteiger charge is 2.36. The number of benzene rings is 3. The fourth-order valence-electron chi connectivity index (χ4n) is 4.32. The Morgan fingerprint density at radius 2 is 1.87 bits per heavy atom. The molecule has 0 spiro atoms. The van der Waals surface area contributed by atoms with E-state index in [-0.39, 0.29) is 12.5 Å². The zero-order valence-electron chi connectivity index (χ0n) is 21.4. The Labute approximate surface area is 241 Å². The van der Waals surface area contributed by atoms with Crippen LogP contribution in [0.2, 0.25) is 10.0 Å². The Balaban J connectivity index is 1.55. The summed E-state index contributed by atoms with van der Waals surface area (Å²) < 4.78 is 8.06. The number of nitrogens with zero attached hydrogens (tertiary/aromatic N) is 3. The van der Waals surface area contributed by atoms with Gasteiger partial charge in [-0.1, -0.05) is 84.4 Å². The fraction of sp³-hybridized carbons (Fsp3) is 0.207. The molecule has 4 aromatic rings. The van der Waals surface area contributed by atoms with E-state index in [1.807, 2.05) is 67.6 Å². The van der Waals surface area contributed by atoms with Gasteiger partial charge in [0, 0.05) is 38.3 Å². The minimum absolute atomic E-state index is 0.230. The van der Waals surface area contributed by atoms with Crippen LogP contribution in [-0.2, 0) is 11.4 Å². The third-order valence-corrected chi connectivity index (χ3v) is 7.79. The minimum Gasteiger partial charge on any atom is -0.488 e. The van der Waals surface area contributed by atoms with Gasteiger partial charge in [0.1, 0.15) is 18.4 Å². The molecule has 1 amide bonds. The first-order valence-corrected chi connectivity index (χ1v) is 14.3. The van der Waals surface area contributed by atoms with Crippen LogP contribution in [0.15, 0.2) is 89.2 Å². The van der Waals surface area contributed by atoms with Gasteiger partial charge in [-0.3, -0.25) is 4.79 Å². The highest BCUT2D eigenvalue weighted by molar-refractivity contribution is 7.99. The number of amides is 1. The lowest BCUT2D eigenvalue weighted by atomic mass is 9.94. The van der Waals surface area contributed by atoms with Crippen LogP contribution >= 0.6 is 35.0 Å². The van der Waals surface area contributed by atoms with Crippen LogP contribution < -0.4 is 15.4 Å². The Kier molecular flexibility index (Phi) is 8.45. The van der Waals surface area contributed by atoms with Crippen LogP contribution in [0.25, 0.3) is 0 Å². The van der Waals surface area contributed by atoms with Gasteiger partial charge in [-0.2, -0.15) is 4.98 Å². The normalized spacial score (nSPS) is 14.5. The number of aromatic nitrogens is 3. The number of ether oxygens (including phenoxy) is 1. The molecule has 1 atom stereocenters. The van der Waals surface area contributed by atoms with E-state index in [2.05, 4.69) is 17.6 Å². The van der Waals surface area contributed by atoms with E-state index < -0.39 is 6.04 Å². The molecule has 0 bridgehead atoms. The van der Waals surface area contributed by atoms with Gasteiger partial charge >= 0.3 is 0 Å². The molecule has 0 saturated heterocycles. The van der Waals surface area contributed by atoms with E-state index in [9.17, 15) is 4.79 Å². The Morgan fingerprint density at radius 1 is 1.10 bits per heavy atom. The average molecular weight is 581 g/mol. The monoisotopic (exact) mass is 579 g/mol. The van der Waals surface area contributed by atoms with Crippen molar-refractivity contribution in [2.75, 3.05) is 16.4 Å². The van der Waals surface area contributed by atoms with Crippen LogP contribution in [0.1, 0.15) is 37.4 Å². The maximum Gasteiger partial charge on any atom is 0.255 e. The van der Waals surface area contributed by atoms with E-state index in [1.165, 1.54) is 0 Å². The van der Waals surface area contributed by atoms with Crippen molar-refractivity contribution in [1.82, 2.24) is 14.8 Å². The lowest BCUT2D eigenvalue weighted by Crippen LogP contribution is -2.31. The van der Waals surface area contributed by atoms with Crippen molar-refractivity contribution in [3.63, 3.8) is 0 Å². The number of anilines is 2. The van der Waals surface area contributed by atoms with Gasteiger partial charge in [-0.25, -0.2) is 4.68 Å². The lowest BCUT2D eigenvalue weighted by molar-refractivity contribution is -0.113. The van der Waals surface area contributed by atoms with Gasteiger partial charge in [-0.15, -0.1) is 5.10 Å². The molecule has 1 aromatic heterocycles. The first-order chi connectivity index (χ1) is 18.9. The number of para-hydroxylation sites is 2. The van der Waals surface area contributed by atoms with E-state index in [0.717, 1.165) is 23.3 Å². The summed E-state index contributed by atoms with van der Waals surface area (Å²) in [6.07, 6.45) is 0.997. The molecule has 0 fully saturated rings. The predicted molar refractivity (Wildman–Crippen MR) is 158 cm³/mol. The van der Waals surface area contributed by atoms with Crippen LogP contribution in [0, 0.1) is 0 Å². The smallest absolute Gasteiger partial charge is 0.255 e. The zero-order chi connectivity index (χ0) is 27.4. The summed E-state index contributed by atoms with van der Waals surface area (Å²) in [5.41, 5.74) is 3.49. The summed E-state index contributed by atoms with van der Waals surface area (Å²) in [6.45, 7) is 4.22. The SMILES string of the molecule is CCCSc1nc2n(n1)C(c1ccccc1OCc1ccc(Cl)cc1Cl)C(C(=O)Nc1ccccc1)=C(C)N2. The molecule has 1 unspecified atom stereocenters. The van der Waals surface area contributed by atoms with Gasteiger partial charge in [0.2, 0.25) is 11.1 Å². The predicted octanol–water partition coefficient (Wildman–Crippen LogP) is 7.59. The zero-order valence-corrected chi connectivity index (χ0v) is 23.8. The lowest BCUT2D eigenvalue weighted by Gasteiger charge is -2.29. The minimum atomic E-state index is -0.578. The van der Waals surface area contributed by atoms with Crippen molar-refractivity contribution >= 4 is 52.5 Å². The summed E-state index contributed by atoms with van der Waals surface area (Å²) in [7, 11) is 0. The van der Waals surface area contributed by atoms with E-state index in [1.54, 1.807) is 28.6 Å². The molecular formula is C29H27Cl2N5O2S. The van der Waals surface area contributed by atoms with Gasteiger partial charge in [-0.05, 0) is 43.7 Å². The van der Waals surface area contributed by atoms with Gasteiger partial charge < -0.3 is 15.4 Å². The van der Waals surface area contributed by atoms with E-state index >= 15 is 0 Å². The third-order valence-electron chi connectivity index (χ3n) is 6.16. The van der Waals surface area contributed by atoms with Crippen LogP contribution in [0.5, 0.6) is 5.75 Å². The van der Waals surface area contributed by atoms with E-state index in [4.69, 9.17) is 38.0 Å². The maximum atomic E-state index is 13.8. The average Bonchev–Trinajstić information content (AvgIpc) is 3.33. The molecule has 7 nitrogen and oxygen atoms in total. The number of carbonyl (C=O) groups excluding carboxylic acids is 1. The number of nitrogens with one attached hydrogen (secondary N) is 2. The van der Waals surface area contributed by atoms with E-state index in [0.29, 0.717) is 43.9 Å². The summed E-state index contributed by atoms with van der Waals surface area (Å²) in [4.78, 5) is 18.5. The second-order valence-corrected chi connectivity index (χ2v) is 10.9. The summed E-state index contributed by atoms with van der Waals surface area (Å²) in [6, 6.07) is 21.8. The van der Waals surface area contributed by atoms with Crippen LogP contribution in [0.4, 0.5) is 11.6 Å². The van der Waals surface area contributed by atoms with Crippen molar-refractivity contribution in [2.45, 2.75) is 38.1 Å². The Morgan fingerprint density at radius 3 is 2.64 bits per heavy atom. The highest BCUT2D eigenvalue weighted by atomic mass is 35.5. The molecule has 200 valence electrons. The third kappa shape index (κ3) is 6.08. The molecule has 1 aliphatic rings. The summed E-state index contributed by atoms with van der Waals surface area (Å²) >= 11 is 14.0. The number of hydrogen-bond donors (Lipinski definition) is 2. The van der Waals surface area contributed by atoms with Gasteiger partial charge in [0.05, 0.1) is 5.57 Å². The van der Waals surface area contributed by atoms with Crippen molar-refractivity contribution in [3.05, 3.63) is 105 Å². The second-order valence-electron chi connectivity index (χ2n) is 8.96. The Bertz CT molecular complexity index is 1520. The number of halogens is 2. The number of rotatable bonds is 9. The molecule has 5 rings (SSSR count).